The number of thiazole rings is 1. The van der Waals surface area contributed by atoms with Gasteiger partial charge in [-0.3, -0.25) is 4.90 Å². The van der Waals surface area contributed by atoms with Crippen LogP contribution in [0.2, 0.25) is 0 Å². The summed E-state index contributed by atoms with van der Waals surface area (Å²) in [7, 11) is 0. The van der Waals surface area contributed by atoms with Crippen molar-refractivity contribution in [2.45, 2.75) is 53.0 Å². The maximum Gasteiger partial charge on any atom is 0.107 e. The van der Waals surface area contributed by atoms with E-state index in [1.165, 1.54) is 34.8 Å². The highest BCUT2D eigenvalue weighted by atomic mass is 32.1. The van der Waals surface area contributed by atoms with E-state index in [1.807, 2.05) is 11.3 Å². The van der Waals surface area contributed by atoms with Gasteiger partial charge in [0.25, 0.3) is 0 Å². The van der Waals surface area contributed by atoms with Gasteiger partial charge >= 0.3 is 0 Å². The molecular formula is C15H26N2OS. The van der Waals surface area contributed by atoms with Crippen molar-refractivity contribution in [1.29, 1.82) is 0 Å². The molecule has 1 N–H and O–H groups in total. The summed E-state index contributed by atoms with van der Waals surface area (Å²) in [5.74, 6) is 0. The number of nitrogens with zero attached hydrogens (tertiary/aromatic N) is 2. The van der Waals surface area contributed by atoms with Crippen LogP contribution in [-0.2, 0) is 19.4 Å². The van der Waals surface area contributed by atoms with Gasteiger partial charge in [0, 0.05) is 24.6 Å². The minimum absolute atomic E-state index is 0.273. The number of hydrogen-bond donors (Lipinski definition) is 1. The topological polar surface area (TPSA) is 36.4 Å². The Morgan fingerprint density at radius 3 is 2.74 bits per heavy atom. The standard InChI is InChI=1S/C15H26N2OS/c1-15(2,3)11-17(8-5-9-18)10-14-16-12-6-4-7-13(12)19-14/h18H,4-11H2,1-3H3. The number of aliphatic hydroxyl groups is 1. The molecule has 0 saturated carbocycles. The molecule has 0 aromatic carbocycles. The Bertz CT molecular complexity index is 387. The van der Waals surface area contributed by atoms with Crippen LogP contribution in [0.15, 0.2) is 0 Å². The molecule has 1 aromatic rings. The lowest BCUT2D eigenvalue weighted by Gasteiger charge is -2.29. The summed E-state index contributed by atoms with van der Waals surface area (Å²) in [6.07, 6.45) is 4.52. The zero-order chi connectivity index (χ0) is 13.9. The third-order valence-electron chi connectivity index (χ3n) is 3.33. The summed E-state index contributed by atoms with van der Waals surface area (Å²) in [5.41, 5.74) is 1.63. The second kappa shape index (κ2) is 6.33. The van der Waals surface area contributed by atoms with Gasteiger partial charge in [0.1, 0.15) is 5.01 Å². The summed E-state index contributed by atoms with van der Waals surface area (Å²) in [4.78, 5) is 8.73. The minimum Gasteiger partial charge on any atom is -0.396 e. The number of aromatic nitrogens is 1. The minimum atomic E-state index is 0.273. The van der Waals surface area contributed by atoms with Crippen LogP contribution in [0.4, 0.5) is 0 Å². The van der Waals surface area contributed by atoms with E-state index >= 15 is 0 Å². The maximum absolute atomic E-state index is 9.04. The highest BCUT2D eigenvalue weighted by molar-refractivity contribution is 7.11. The highest BCUT2D eigenvalue weighted by Crippen LogP contribution is 2.28. The van der Waals surface area contributed by atoms with Gasteiger partial charge in [-0.2, -0.15) is 0 Å². The number of aliphatic hydroxyl groups excluding tert-OH is 1. The zero-order valence-corrected chi connectivity index (χ0v) is 13.2. The van der Waals surface area contributed by atoms with Crippen molar-refractivity contribution in [2.75, 3.05) is 19.7 Å². The molecule has 3 nitrogen and oxygen atoms in total. The van der Waals surface area contributed by atoms with Crippen LogP contribution in [0, 0.1) is 5.41 Å². The fourth-order valence-corrected chi connectivity index (χ4v) is 3.88. The van der Waals surface area contributed by atoms with Crippen LogP contribution < -0.4 is 0 Å². The first-order valence-corrected chi connectivity index (χ1v) is 8.10. The van der Waals surface area contributed by atoms with E-state index in [4.69, 9.17) is 10.1 Å². The molecule has 2 rings (SSSR count). The van der Waals surface area contributed by atoms with Gasteiger partial charge in [0.05, 0.1) is 12.2 Å². The first-order chi connectivity index (χ1) is 8.98. The second-order valence-corrected chi connectivity index (χ2v) is 7.85. The van der Waals surface area contributed by atoms with Crippen LogP contribution in [0.25, 0.3) is 0 Å². The van der Waals surface area contributed by atoms with Crippen LogP contribution in [-0.4, -0.2) is 34.7 Å². The molecule has 0 bridgehead atoms. The summed E-state index contributed by atoms with van der Waals surface area (Å²) >= 11 is 1.89. The predicted octanol–water partition coefficient (Wildman–Crippen LogP) is 2.86. The van der Waals surface area contributed by atoms with Gasteiger partial charge < -0.3 is 5.11 Å². The molecule has 0 radical (unpaired) electrons. The SMILES string of the molecule is CC(C)(C)CN(CCCO)Cc1nc2c(s1)CCC2. The first-order valence-electron chi connectivity index (χ1n) is 7.28. The van der Waals surface area contributed by atoms with Crippen molar-refractivity contribution < 1.29 is 5.11 Å². The van der Waals surface area contributed by atoms with Gasteiger partial charge in [-0.25, -0.2) is 4.98 Å². The summed E-state index contributed by atoms with van der Waals surface area (Å²) in [5, 5.41) is 10.3. The molecule has 0 amide bonds. The number of rotatable bonds is 6. The number of fused-ring (bicyclic) bond motifs is 1. The monoisotopic (exact) mass is 282 g/mol. The molecule has 108 valence electrons. The zero-order valence-electron chi connectivity index (χ0n) is 12.4. The van der Waals surface area contributed by atoms with E-state index in [-0.39, 0.29) is 12.0 Å². The fraction of sp³-hybridized carbons (Fsp3) is 0.800. The Hall–Kier alpha value is -0.450. The smallest absolute Gasteiger partial charge is 0.107 e. The summed E-state index contributed by atoms with van der Waals surface area (Å²) < 4.78 is 0. The Morgan fingerprint density at radius 1 is 1.32 bits per heavy atom. The molecule has 0 atom stereocenters. The van der Waals surface area contributed by atoms with Crippen molar-refractivity contribution in [3.63, 3.8) is 0 Å². The lowest BCUT2D eigenvalue weighted by molar-refractivity contribution is 0.166. The molecule has 0 fully saturated rings. The average Bonchev–Trinajstić information content (AvgIpc) is 2.84. The van der Waals surface area contributed by atoms with Crippen LogP contribution >= 0.6 is 11.3 Å². The Kier molecular flexibility index (Phi) is 4.98. The lowest BCUT2D eigenvalue weighted by Crippen LogP contribution is -2.33. The molecule has 4 heteroatoms. The Morgan fingerprint density at radius 2 is 2.11 bits per heavy atom. The van der Waals surface area contributed by atoms with E-state index < -0.39 is 0 Å². The van der Waals surface area contributed by atoms with Crippen LogP contribution in [0.5, 0.6) is 0 Å². The molecule has 0 saturated heterocycles. The van der Waals surface area contributed by atoms with E-state index in [1.54, 1.807) is 0 Å². The quantitative estimate of drug-likeness (QED) is 0.871. The molecule has 1 heterocycles. The van der Waals surface area contributed by atoms with Crippen molar-refractivity contribution in [3.05, 3.63) is 15.6 Å². The number of aryl methyl sites for hydroxylation is 2. The van der Waals surface area contributed by atoms with Gasteiger partial charge in [-0.1, -0.05) is 20.8 Å². The Balaban J connectivity index is 1.97. The van der Waals surface area contributed by atoms with Gasteiger partial charge in [-0.15, -0.1) is 11.3 Å². The molecule has 0 spiro atoms. The predicted molar refractivity (Wildman–Crippen MR) is 80.6 cm³/mol. The maximum atomic E-state index is 9.04. The first kappa shape index (κ1) is 14.9. The Labute approximate surface area is 120 Å². The van der Waals surface area contributed by atoms with Gasteiger partial charge in [-0.05, 0) is 31.1 Å². The third-order valence-corrected chi connectivity index (χ3v) is 4.47. The molecule has 19 heavy (non-hydrogen) atoms. The molecule has 1 aliphatic rings. The molecular weight excluding hydrogens is 256 g/mol. The van der Waals surface area contributed by atoms with Crippen molar-refractivity contribution in [3.8, 4) is 0 Å². The molecule has 1 aliphatic carbocycles. The van der Waals surface area contributed by atoms with Crippen LogP contribution in [0.1, 0.15) is 49.2 Å². The van der Waals surface area contributed by atoms with Crippen LogP contribution in [0.3, 0.4) is 0 Å². The second-order valence-electron chi connectivity index (χ2n) is 6.68. The van der Waals surface area contributed by atoms with E-state index in [0.29, 0.717) is 0 Å². The molecule has 1 aromatic heterocycles. The molecule has 0 unspecified atom stereocenters. The largest absolute Gasteiger partial charge is 0.396 e. The fourth-order valence-electron chi connectivity index (χ4n) is 2.68. The average molecular weight is 282 g/mol. The van der Waals surface area contributed by atoms with E-state index in [2.05, 4.69) is 25.7 Å². The lowest BCUT2D eigenvalue weighted by atomic mass is 9.96. The summed E-state index contributed by atoms with van der Waals surface area (Å²) in [6.45, 7) is 10.0. The normalized spacial score (nSPS) is 15.2. The van der Waals surface area contributed by atoms with Gasteiger partial charge in [0.15, 0.2) is 0 Å². The van der Waals surface area contributed by atoms with Crippen molar-refractivity contribution in [2.24, 2.45) is 5.41 Å². The highest BCUT2D eigenvalue weighted by Gasteiger charge is 2.20. The van der Waals surface area contributed by atoms with Crippen molar-refractivity contribution in [1.82, 2.24) is 9.88 Å². The number of hydrogen-bond acceptors (Lipinski definition) is 4. The summed E-state index contributed by atoms with van der Waals surface area (Å²) in [6, 6.07) is 0. The molecule has 0 aliphatic heterocycles. The third kappa shape index (κ3) is 4.55. The van der Waals surface area contributed by atoms with E-state index in [9.17, 15) is 0 Å². The van der Waals surface area contributed by atoms with E-state index in [0.717, 1.165) is 26.1 Å². The van der Waals surface area contributed by atoms with Gasteiger partial charge in [0.2, 0.25) is 0 Å². The van der Waals surface area contributed by atoms with Crippen molar-refractivity contribution >= 4 is 11.3 Å².